The Morgan fingerprint density at radius 3 is 2.17 bits per heavy atom. The van der Waals surface area contributed by atoms with Gasteiger partial charge in [0, 0.05) is 5.69 Å². The number of aryl methyl sites for hydroxylation is 1. The van der Waals surface area contributed by atoms with Gasteiger partial charge in [-0.3, -0.25) is 4.98 Å². The van der Waals surface area contributed by atoms with Crippen LogP contribution in [0.1, 0.15) is 74.8 Å². The third kappa shape index (κ3) is 6.59. The summed E-state index contributed by atoms with van der Waals surface area (Å²) < 4.78 is 10.8. The molecule has 4 heteroatoms. The number of pyridine rings is 1. The molecule has 2 aromatic rings. The predicted octanol–water partition coefficient (Wildman–Crippen LogP) is 6.24. The fraction of sp³-hybridized carbons (Fsp3) is 0.520. The highest BCUT2D eigenvalue weighted by Crippen LogP contribution is 2.33. The first-order valence-corrected chi connectivity index (χ1v) is 11.1. The number of aromatic nitrogens is 1. The molecule has 29 heavy (non-hydrogen) atoms. The largest absolute Gasteiger partial charge is 0.494 e. The molecule has 1 saturated carbocycles. The van der Waals surface area contributed by atoms with Gasteiger partial charge in [-0.25, -0.2) is 4.79 Å². The molecule has 1 aliphatic rings. The summed E-state index contributed by atoms with van der Waals surface area (Å²) in [7, 11) is 0. The molecule has 3 rings (SSSR count). The topological polar surface area (TPSA) is 48.4 Å². The molecule has 0 aliphatic heterocycles. The Kier molecular flexibility index (Phi) is 8.09. The van der Waals surface area contributed by atoms with E-state index in [-0.39, 0.29) is 5.97 Å². The van der Waals surface area contributed by atoms with Crippen molar-refractivity contribution in [1.29, 1.82) is 0 Å². The first-order chi connectivity index (χ1) is 14.2. The lowest BCUT2D eigenvalue weighted by molar-refractivity contribution is 0.0734. The van der Waals surface area contributed by atoms with E-state index in [0.717, 1.165) is 29.7 Å². The molecule has 0 bridgehead atoms. The maximum atomic E-state index is 12.3. The van der Waals surface area contributed by atoms with Crippen molar-refractivity contribution in [3.63, 3.8) is 0 Å². The maximum Gasteiger partial charge on any atom is 0.343 e. The zero-order valence-electron chi connectivity index (χ0n) is 17.7. The van der Waals surface area contributed by atoms with Crippen LogP contribution in [0.4, 0.5) is 0 Å². The molecule has 0 spiro atoms. The van der Waals surface area contributed by atoms with Gasteiger partial charge < -0.3 is 9.47 Å². The van der Waals surface area contributed by atoms with Crippen LogP contribution in [0.5, 0.6) is 11.5 Å². The summed E-state index contributed by atoms with van der Waals surface area (Å²) in [6, 6.07) is 10.8. The molecule has 0 N–H and O–H groups in total. The van der Waals surface area contributed by atoms with E-state index in [1.165, 1.54) is 44.9 Å². The maximum absolute atomic E-state index is 12.3. The summed E-state index contributed by atoms with van der Waals surface area (Å²) in [5.74, 6) is 2.63. The summed E-state index contributed by atoms with van der Waals surface area (Å²) in [4.78, 5) is 16.8. The highest BCUT2D eigenvalue weighted by Gasteiger charge is 2.20. The smallest absolute Gasteiger partial charge is 0.343 e. The molecule has 4 nitrogen and oxygen atoms in total. The van der Waals surface area contributed by atoms with E-state index in [4.69, 9.17) is 9.47 Å². The van der Waals surface area contributed by atoms with E-state index >= 15 is 0 Å². The first kappa shape index (κ1) is 21.4. The molecule has 1 fully saturated rings. The van der Waals surface area contributed by atoms with Crippen molar-refractivity contribution in [1.82, 2.24) is 4.98 Å². The van der Waals surface area contributed by atoms with Gasteiger partial charge in [0.25, 0.3) is 0 Å². The third-order valence-corrected chi connectivity index (χ3v) is 5.88. The average Bonchev–Trinajstić information content (AvgIpc) is 2.75. The van der Waals surface area contributed by atoms with E-state index in [1.807, 2.05) is 19.1 Å². The summed E-state index contributed by atoms with van der Waals surface area (Å²) in [6.07, 6.45) is 12.1. The Morgan fingerprint density at radius 1 is 0.931 bits per heavy atom. The van der Waals surface area contributed by atoms with Crippen molar-refractivity contribution in [2.24, 2.45) is 11.8 Å². The van der Waals surface area contributed by atoms with Crippen LogP contribution >= 0.6 is 0 Å². The molecule has 1 aromatic heterocycles. The van der Waals surface area contributed by atoms with Gasteiger partial charge in [0.05, 0.1) is 18.4 Å². The Labute approximate surface area is 174 Å². The van der Waals surface area contributed by atoms with Gasteiger partial charge in [-0.15, -0.1) is 0 Å². The van der Waals surface area contributed by atoms with Crippen LogP contribution < -0.4 is 9.47 Å². The van der Waals surface area contributed by atoms with Crippen LogP contribution in [0, 0.1) is 11.8 Å². The number of esters is 1. The fourth-order valence-electron chi connectivity index (χ4n) is 4.21. The number of carbonyl (C=O) groups excluding carboxylic acids is 1. The van der Waals surface area contributed by atoms with Crippen LogP contribution in [0.25, 0.3) is 0 Å². The SMILES string of the molecule is CCCC1CCC(CCc2ccc(OC(=O)c3ccc(OCC)cc3)cn2)CC1. The number of nitrogens with zero attached hydrogens (tertiary/aromatic N) is 1. The number of rotatable bonds is 9. The van der Waals surface area contributed by atoms with E-state index < -0.39 is 0 Å². The fourth-order valence-corrected chi connectivity index (χ4v) is 4.21. The summed E-state index contributed by atoms with van der Waals surface area (Å²) in [6.45, 7) is 4.82. The van der Waals surface area contributed by atoms with Crippen molar-refractivity contribution < 1.29 is 14.3 Å². The molecule has 156 valence electrons. The Hall–Kier alpha value is -2.36. The zero-order valence-corrected chi connectivity index (χ0v) is 17.7. The Balaban J connectivity index is 1.44. The summed E-state index contributed by atoms with van der Waals surface area (Å²) in [5.41, 5.74) is 1.57. The van der Waals surface area contributed by atoms with Crippen molar-refractivity contribution >= 4 is 5.97 Å². The van der Waals surface area contributed by atoms with Crippen molar-refractivity contribution in [2.45, 2.75) is 65.2 Å². The minimum atomic E-state index is -0.383. The van der Waals surface area contributed by atoms with Crippen LogP contribution in [0.3, 0.4) is 0 Å². The number of hydrogen-bond acceptors (Lipinski definition) is 4. The second kappa shape index (κ2) is 11.0. The van der Waals surface area contributed by atoms with Crippen molar-refractivity contribution in [3.05, 3.63) is 53.9 Å². The monoisotopic (exact) mass is 395 g/mol. The second-order valence-corrected chi connectivity index (χ2v) is 8.05. The van der Waals surface area contributed by atoms with E-state index in [2.05, 4.69) is 11.9 Å². The van der Waals surface area contributed by atoms with Gasteiger partial charge >= 0.3 is 5.97 Å². The van der Waals surface area contributed by atoms with Crippen LogP contribution in [0.2, 0.25) is 0 Å². The molecule has 0 radical (unpaired) electrons. The zero-order chi connectivity index (χ0) is 20.5. The predicted molar refractivity (Wildman–Crippen MR) is 115 cm³/mol. The highest BCUT2D eigenvalue weighted by atomic mass is 16.5. The van der Waals surface area contributed by atoms with Gasteiger partial charge in [0.1, 0.15) is 11.5 Å². The average molecular weight is 396 g/mol. The summed E-state index contributed by atoms with van der Waals surface area (Å²) in [5, 5.41) is 0. The van der Waals surface area contributed by atoms with Gasteiger partial charge in [-0.05, 0) is 68.0 Å². The lowest BCUT2D eigenvalue weighted by Crippen LogP contribution is -2.15. The standard InChI is InChI=1S/C25H33NO3/c1-3-5-19-6-8-20(9-7-19)10-13-22-14-17-24(18-26-22)29-25(27)21-11-15-23(16-12-21)28-4-2/h11-12,14-20H,3-10,13H2,1-2H3. The molecular formula is C25H33NO3. The van der Waals surface area contributed by atoms with Gasteiger partial charge in [0.2, 0.25) is 0 Å². The number of benzene rings is 1. The van der Waals surface area contributed by atoms with E-state index in [0.29, 0.717) is 17.9 Å². The van der Waals surface area contributed by atoms with Gasteiger partial charge in [-0.1, -0.05) is 45.4 Å². The number of carbonyl (C=O) groups is 1. The molecule has 0 saturated heterocycles. The van der Waals surface area contributed by atoms with Gasteiger partial charge in [-0.2, -0.15) is 0 Å². The lowest BCUT2D eigenvalue weighted by atomic mass is 9.78. The van der Waals surface area contributed by atoms with Gasteiger partial charge in [0.15, 0.2) is 0 Å². The van der Waals surface area contributed by atoms with Crippen LogP contribution in [-0.2, 0) is 6.42 Å². The number of ether oxygens (including phenoxy) is 2. The molecule has 1 heterocycles. The minimum Gasteiger partial charge on any atom is -0.494 e. The van der Waals surface area contributed by atoms with Crippen LogP contribution in [0.15, 0.2) is 42.6 Å². The lowest BCUT2D eigenvalue weighted by Gasteiger charge is -2.28. The molecule has 1 aliphatic carbocycles. The minimum absolute atomic E-state index is 0.383. The first-order valence-electron chi connectivity index (χ1n) is 11.1. The quantitative estimate of drug-likeness (QED) is 0.472. The van der Waals surface area contributed by atoms with Crippen molar-refractivity contribution in [2.75, 3.05) is 6.61 Å². The Morgan fingerprint density at radius 2 is 1.59 bits per heavy atom. The molecule has 1 aromatic carbocycles. The second-order valence-electron chi connectivity index (χ2n) is 8.05. The highest BCUT2D eigenvalue weighted by molar-refractivity contribution is 5.91. The van der Waals surface area contributed by atoms with Crippen LogP contribution in [-0.4, -0.2) is 17.6 Å². The molecular weight excluding hydrogens is 362 g/mol. The normalized spacial score (nSPS) is 19.0. The molecule has 0 atom stereocenters. The van der Waals surface area contributed by atoms with E-state index in [9.17, 15) is 4.79 Å². The molecule has 0 amide bonds. The van der Waals surface area contributed by atoms with Crippen molar-refractivity contribution in [3.8, 4) is 11.5 Å². The molecule has 0 unspecified atom stereocenters. The third-order valence-electron chi connectivity index (χ3n) is 5.88. The number of hydrogen-bond donors (Lipinski definition) is 0. The summed E-state index contributed by atoms with van der Waals surface area (Å²) >= 11 is 0. The van der Waals surface area contributed by atoms with E-state index in [1.54, 1.807) is 30.5 Å². The Bertz CT molecular complexity index is 747.